The van der Waals surface area contributed by atoms with Crippen LogP contribution in [0.3, 0.4) is 0 Å². The van der Waals surface area contributed by atoms with Crippen molar-refractivity contribution in [3.63, 3.8) is 0 Å². The molecule has 0 spiro atoms. The number of hydrogen-bond acceptors (Lipinski definition) is 4. The number of oxime groups is 1. The number of carbonyl (C=O) groups is 1. The number of anilines is 1. The Morgan fingerprint density at radius 1 is 1.23 bits per heavy atom. The second kappa shape index (κ2) is 7.47. The molecule has 2 unspecified atom stereocenters. The van der Waals surface area contributed by atoms with Crippen LogP contribution in [0.5, 0.6) is 5.75 Å². The first-order valence-electron chi connectivity index (χ1n) is 8.56. The highest BCUT2D eigenvalue weighted by Crippen LogP contribution is 2.32. The number of para-hydroxylation sites is 1. The van der Waals surface area contributed by atoms with Crippen molar-refractivity contribution in [2.75, 3.05) is 12.0 Å². The molecule has 0 fully saturated rings. The SMILES string of the molecule is COc1ccc(C(N)=NOC(C)C(=O)N2c3ccccc3CC2C)cc1. The second-order valence-corrected chi connectivity index (χ2v) is 6.34. The van der Waals surface area contributed by atoms with Gasteiger partial charge in [0.15, 0.2) is 5.84 Å². The Hall–Kier alpha value is -3.02. The van der Waals surface area contributed by atoms with Gasteiger partial charge in [-0.1, -0.05) is 23.4 Å². The minimum Gasteiger partial charge on any atom is -0.497 e. The van der Waals surface area contributed by atoms with Crippen LogP contribution >= 0.6 is 0 Å². The van der Waals surface area contributed by atoms with Gasteiger partial charge in [0.25, 0.3) is 5.91 Å². The smallest absolute Gasteiger partial charge is 0.270 e. The van der Waals surface area contributed by atoms with E-state index < -0.39 is 6.10 Å². The molecule has 136 valence electrons. The average molecular weight is 353 g/mol. The first-order chi connectivity index (χ1) is 12.5. The molecule has 2 aromatic carbocycles. The quantitative estimate of drug-likeness (QED) is 0.509. The molecule has 1 amide bonds. The lowest BCUT2D eigenvalue weighted by Gasteiger charge is -2.25. The van der Waals surface area contributed by atoms with Crippen LogP contribution in [0.15, 0.2) is 53.7 Å². The van der Waals surface area contributed by atoms with E-state index in [-0.39, 0.29) is 17.8 Å². The Balaban J connectivity index is 1.69. The number of hydrogen-bond donors (Lipinski definition) is 1. The Labute approximate surface area is 153 Å². The van der Waals surface area contributed by atoms with Gasteiger partial charge in [-0.3, -0.25) is 4.79 Å². The van der Waals surface area contributed by atoms with Gasteiger partial charge in [-0.05, 0) is 56.2 Å². The third-order valence-corrected chi connectivity index (χ3v) is 4.49. The predicted octanol–water partition coefficient (Wildman–Crippen LogP) is 2.70. The fourth-order valence-electron chi connectivity index (χ4n) is 3.09. The number of nitrogens with two attached hydrogens (primary N) is 1. The first-order valence-corrected chi connectivity index (χ1v) is 8.56. The van der Waals surface area contributed by atoms with Gasteiger partial charge in [0.05, 0.1) is 7.11 Å². The molecular weight excluding hydrogens is 330 g/mol. The third-order valence-electron chi connectivity index (χ3n) is 4.49. The highest BCUT2D eigenvalue weighted by atomic mass is 16.6. The van der Waals surface area contributed by atoms with Gasteiger partial charge in [0, 0.05) is 17.3 Å². The highest BCUT2D eigenvalue weighted by molar-refractivity contribution is 5.99. The summed E-state index contributed by atoms with van der Waals surface area (Å²) in [5.74, 6) is 0.809. The van der Waals surface area contributed by atoms with Crippen LogP contribution in [0.2, 0.25) is 0 Å². The molecule has 0 bridgehead atoms. The van der Waals surface area contributed by atoms with Crippen LogP contribution in [-0.2, 0) is 16.1 Å². The minimum atomic E-state index is -0.736. The van der Waals surface area contributed by atoms with E-state index >= 15 is 0 Å². The molecule has 2 N–H and O–H groups in total. The highest BCUT2D eigenvalue weighted by Gasteiger charge is 2.34. The maximum absolute atomic E-state index is 12.8. The van der Waals surface area contributed by atoms with Crippen molar-refractivity contribution in [3.05, 3.63) is 59.7 Å². The third kappa shape index (κ3) is 3.49. The number of amides is 1. The first kappa shape index (κ1) is 17.8. The van der Waals surface area contributed by atoms with Crippen LogP contribution in [-0.4, -0.2) is 31.0 Å². The lowest BCUT2D eigenvalue weighted by molar-refractivity contribution is -0.129. The van der Waals surface area contributed by atoms with Gasteiger partial charge in [0.1, 0.15) is 5.75 Å². The molecule has 1 heterocycles. The zero-order valence-corrected chi connectivity index (χ0v) is 15.2. The van der Waals surface area contributed by atoms with E-state index in [0.717, 1.165) is 17.9 Å². The lowest BCUT2D eigenvalue weighted by Crippen LogP contribution is -2.42. The molecule has 2 atom stereocenters. The molecule has 1 aliphatic rings. The van der Waals surface area contributed by atoms with Crippen molar-refractivity contribution in [3.8, 4) is 5.75 Å². The average Bonchev–Trinajstić information content (AvgIpc) is 3.00. The number of rotatable bonds is 5. The van der Waals surface area contributed by atoms with Gasteiger partial charge >= 0.3 is 0 Å². The minimum absolute atomic E-state index is 0.0915. The number of methoxy groups -OCH3 is 1. The molecule has 0 saturated carbocycles. The maximum Gasteiger partial charge on any atom is 0.270 e. The summed E-state index contributed by atoms with van der Waals surface area (Å²) in [6.07, 6.45) is 0.103. The monoisotopic (exact) mass is 353 g/mol. The zero-order chi connectivity index (χ0) is 18.7. The van der Waals surface area contributed by atoms with Crippen molar-refractivity contribution >= 4 is 17.4 Å². The van der Waals surface area contributed by atoms with Gasteiger partial charge in [-0.15, -0.1) is 0 Å². The van der Waals surface area contributed by atoms with Crippen molar-refractivity contribution in [2.24, 2.45) is 10.9 Å². The van der Waals surface area contributed by atoms with E-state index in [9.17, 15) is 4.79 Å². The van der Waals surface area contributed by atoms with Gasteiger partial charge in [-0.2, -0.15) is 0 Å². The summed E-state index contributed by atoms with van der Waals surface area (Å²) in [4.78, 5) is 20.0. The summed E-state index contributed by atoms with van der Waals surface area (Å²) in [7, 11) is 1.60. The summed E-state index contributed by atoms with van der Waals surface area (Å²) >= 11 is 0. The Kier molecular flexibility index (Phi) is 5.11. The fraction of sp³-hybridized carbons (Fsp3) is 0.300. The van der Waals surface area contributed by atoms with Crippen molar-refractivity contribution < 1.29 is 14.4 Å². The van der Waals surface area contributed by atoms with E-state index in [2.05, 4.69) is 5.16 Å². The van der Waals surface area contributed by atoms with Crippen LogP contribution in [0.1, 0.15) is 25.0 Å². The number of ether oxygens (including phenoxy) is 1. The molecular formula is C20H23N3O3. The zero-order valence-electron chi connectivity index (χ0n) is 15.2. The van der Waals surface area contributed by atoms with Crippen molar-refractivity contribution in [1.82, 2.24) is 0 Å². The molecule has 0 aromatic heterocycles. The molecule has 6 heteroatoms. The molecule has 6 nitrogen and oxygen atoms in total. The van der Waals surface area contributed by atoms with E-state index in [4.69, 9.17) is 15.3 Å². The summed E-state index contributed by atoms with van der Waals surface area (Å²) in [5, 5.41) is 3.93. The maximum atomic E-state index is 12.8. The van der Waals surface area contributed by atoms with Crippen molar-refractivity contribution in [2.45, 2.75) is 32.4 Å². The predicted molar refractivity (Wildman–Crippen MR) is 101 cm³/mol. The second-order valence-electron chi connectivity index (χ2n) is 6.34. The number of carbonyl (C=O) groups excluding carboxylic acids is 1. The number of fused-ring (bicyclic) bond motifs is 1. The summed E-state index contributed by atoms with van der Waals surface area (Å²) < 4.78 is 5.11. The normalized spacial score (nSPS) is 17.6. The molecule has 0 aliphatic carbocycles. The van der Waals surface area contributed by atoms with E-state index in [0.29, 0.717) is 5.56 Å². The Morgan fingerprint density at radius 3 is 2.62 bits per heavy atom. The van der Waals surface area contributed by atoms with E-state index in [1.165, 1.54) is 5.56 Å². The molecule has 1 aliphatic heterocycles. The lowest BCUT2D eigenvalue weighted by atomic mass is 10.1. The summed E-state index contributed by atoms with van der Waals surface area (Å²) in [6.45, 7) is 3.71. The van der Waals surface area contributed by atoms with Gasteiger partial charge in [-0.25, -0.2) is 0 Å². The standard InChI is InChI=1S/C20H23N3O3/c1-13-12-16-6-4-5-7-18(16)23(13)20(24)14(2)26-22-19(21)15-8-10-17(25-3)11-9-15/h4-11,13-14H,12H2,1-3H3,(H2,21,22). The number of amidine groups is 1. The van der Waals surface area contributed by atoms with E-state index in [1.807, 2.05) is 31.2 Å². The molecule has 0 saturated heterocycles. The summed E-state index contributed by atoms with van der Waals surface area (Å²) in [6, 6.07) is 15.2. The topological polar surface area (TPSA) is 77.1 Å². The van der Waals surface area contributed by atoms with E-state index in [1.54, 1.807) is 43.2 Å². The fourth-order valence-corrected chi connectivity index (χ4v) is 3.09. The number of nitrogens with zero attached hydrogens (tertiary/aromatic N) is 2. The van der Waals surface area contributed by atoms with Crippen LogP contribution < -0.4 is 15.4 Å². The Bertz CT molecular complexity index is 817. The van der Waals surface area contributed by atoms with Crippen LogP contribution in [0, 0.1) is 0 Å². The van der Waals surface area contributed by atoms with Gasteiger partial charge < -0.3 is 20.2 Å². The number of benzene rings is 2. The van der Waals surface area contributed by atoms with Gasteiger partial charge in [0.2, 0.25) is 6.10 Å². The van der Waals surface area contributed by atoms with Crippen LogP contribution in [0.25, 0.3) is 0 Å². The Morgan fingerprint density at radius 2 is 1.92 bits per heavy atom. The molecule has 26 heavy (non-hydrogen) atoms. The molecule has 2 aromatic rings. The van der Waals surface area contributed by atoms with Crippen LogP contribution in [0.4, 0.5) is 5.69 Å². The molecule has 3 rings (SSSR count). The van der Waals surface area contributed by atoms with Crippen molar-refractivity contribution in [1.29, 1.82) is 0 Å². The summed E-state index contributed by atoms with van der Waals surface area (Å²) in [5.41, 5.74) is 8.76. The molecule has 0 radical (unpaired) electrons. The largest absolute Gasteiger partial charge is 0.497 e.